The van der Waals surface area contributed by atoms with Gasteiger partial charge in [0.15, 0.2) is 0 Å². The van der Waals surface area contributed by atoms with E-state index in [0.717, 1.165) is 12.2 Å². The molecule has 1 aromatic heterocycles. The summed E-state index contributed by atoms with van der Waals surface area (Å²) in [4.78, 5) is 4.32. The molecule has 1 aromatic rings. The van der Waals surface area contributed by atoms with E-state index in [1.54, 1.807) is 0 Å². The fraction of sp³-hybridized carbons (Fsp3) is 0.700. The molecule has 0 bridgehead atoms. The average Bonchev–Trinajstić information content (AvgIpc) is 2.66. The molecule has 2 rings (SSSR count). The summed E-state index contributed by atoms with van der Waals surface area (Å²) in [6.45, 7) is 0. The maximum absolute atomic E-state index is 6.22. The van der Waals surface area contributed by atoms with Crippen molar-refractivity contribution in [2.75, 3.05) is 17.3 Å². The lowest BCUT2D eigenvalue weighted by Gasteiger charge is -2.26. The SMILES string of the molecule is Cn1ccnc1CC(N)C1CSCCS1. The standard InChI is InChI=1S/C10H17N3S2/c1-13-3-2-12-10(13)6-8(11)9-7-14-4-5-15-9/h2-3,8-9H,4-7,11H2,1H3. The molecule has 1 saturated heterocycles. The van der Waals surface area contributed by atoms with Crippen LogP contribution < -0.4 is 5.73 Å². The van der Waals surface area contributed by atoms with Crippen LogP contribution >= 0.6 is 23.5 Å². The van der Waals surface area contributed by atoms with Gasteiger partial charge in [0.25, 0.3) is 0 Å². The minimum Gasteiger partial charge on any atom is -0.338 e. The van der Waals surface area contributed by atoms with E-state index < -0.39 is 0 Å². The van der Waals surface area contributed by atoms with Gasteiger partial charge >= 0.3 is 0 Å². The molecule has 0 aliphatic carbocycles. The fourth-order valence-electron chi connectivity index (χ4n) is 1.69. The van der Waals surface area contributed by atoms with Crippen LogP contribution in [0.1, 0.15) is 5.82 Å². The van der Waals surface area contributed by atoms with E-state index in [1.165, 1.54) is 17.3 Å². The van der Waals surface area contributed by atoms with Crippen LogP contribution in [-0.4, -0.2) is 38.1 Å². The highest BCUT2D eigenvalue weighted by Gasteiger charge is 2.22. The van der Waals surface area contributed by atoms with Crippen molar-refractivity contribution in [2.45, 2.75) is 17.7 Å². The van der Waals surface area contributed by atoms with Gasteiger partial charge in [-0.15, -0.1) is 0 Å². The van der Waals surface area contributed by atoms with Crippen molar-refractivity contribution in [3.8, 4) is 0 Å². The Morgan fingerprint density at radius 3 is 3.13 bits per heavy atom. The Labute approximate surface area is 99.2 Å². The van der Waals surface area contributed by atoms with E-state index >= 15 is 0 Å². The van der Waals surface area contributed by atoms with Crippen LogP contribution in [0.15, 0.2) is 12.4 Å². The van der Waals surface area contributed by atoms with Crippen LogP contribution in [0.3, 0.4) is 0 Å². The van der Waals surface area contributed by atoms with Crippen molar-refractivity contribution in [2.24, 2.45) is 12.8 Å². The molecule has 1 aliphatic heterocycles. The second-order valence-corrected chi connectivity index (χ2v) is 6.30. The van der Waals surface area contributed by atoms with Gasteiger partial charge in [-0.25, -0.2) is 4.98 Å². The van der Waals surface area contributed by atoms with Gasteiger partial charge in [0.2, 0.25) is 0 Å². The zero-order chi connectivity index (χ0) is 10.7. The molecule has 84 valence electrons. The number of imidazole rings is 1. The van der Waals surface area contributed by atoms with Crippen LogP contribution in [0.5, 0.6) is 0 Å². The summed E-state index contributed by atoms with van der Waals surface area (Å²) in [5, 5.41) is 0.598. The summed E-state index contributed by atoms with van der Waals surface area (Å²) in [6, 6.07) is 0.240. The van der Waals surface area contributed by atoms with Crippen molar-refractivity contribution in [1.29, 1.82) is 0 Å². The Morgan fingerprint density at radius 2 is 2.53 bits per heavy atom. The number of hydrogen-bond donors (Lipinski definition) is 1. The molecule has 2 atom stereocenters. The van der Waals surface area contributed by atoms with Crippen molar-refractivity contribution >= 4 is 23.5 Å². The molecule has 5 heteroatoms. The first-order valence-electron chi connectivity index (χ1n) is 5.18. The third kappa shape index (κ3) is 2.92. The maximum Gasteiger partial charge on any atom is 0.109 e. The van der Waals surface area contributed by atoms with Crippen molar-refractivity contribution < 1.29 is 0 Å². The molecule has 0 saturated carbocycles. The van der Waals surface area contributed by atoms with Crippen LogP contribution in [0, 0.1) is 0 Å². The Morgan fingerprint density at radius 1 is 1.67 bits per heavy atom. The van der Waals surface area contributed by atoms with E-state index in [1.807, 2.05) is 43.0 Å². The van der Waals surface area contributed by atoms with Crippen molar-refractivity contribution in [3.05, 3.63) is 18.2 Å². The fourth-order valence-corrected chi connectivity index (χ4v) is 4.51. The van der Waals surface area contributed by atoms with Gasteiger partial charge in [-0.1, -0.05) is 0 Å². The Bertz CT molecular complexity index is 307. The predicted molar refractivity (Wildman–Crippen MR) is 68.5 cm³/mol. The highest BCUT2D eigenvalue weighted by Crippen LogP contribution is 2.26. The number of nitrogens with two attached hydrogens (primary N) is 1. The molecule has 1 aliphatic rings. The van der Waals surface area contributed by atoms with Crippen molar-refractivity contribution in [3.63, 3.8) is 0 Å². The zero-order valence-electron chi connectivity index (χ0n) is 8.93. The third-order valence-electron chi connectivity index (χ3n) is 2.66. The smallest absolute Gasteiger partial charge is 0.109 e. The number of hydrogen-bond acceptors (Lipinski definition) is 4. The molecule has 3 nitrogen and oxygen atoms in total. The van der Waals surface area contributed by atoms with Gasteiger partial charge in [0, 0.05) is 54.4 Å². The first-order chi connectivity index (χ1) is 7.27. The first-order valence-corrected chi connectivity index (χ1v) is 7.39. The van der Waals surface area contributed by atoms with Crippen LogP contribution in [0.2, 0.25) is 0 Å². The number of rotatable bonds is 3. The summed E-state index contributed by atoms with van der Waals surface area (Å²) in [5.41, 5.74) is 6.22. The minimum atomic E-state index is 0.240. The van der Waals surface area contributed by atoms with E-state index in [-0.39, 0.29) is 6.04 Å². The third-order valence-corrected chi connectivity index (χ3v) is 5.60. The van der Waals surface area contributed by atoms with Gasteiger partial charge in [0.1, 0.15) is 5.82 Å². The summed E-state index contributed by atoms with van der Waals surface area (Å²) in [7, 11) is 2.03. The summed E-state index contributed by atoms with van der Waals surface area (Å²) in [5.74, 6) is 4.80. The van der Waals surface area contributed by atoms with Crippen molar-refractivity contribution in [1.82, 2.24) is 9.55 Å². The topological polar surface area (TPSA) is 43.8 Å². The van der Waals surface area contributed by atoms with E-state index in [2.05, 4.69) is 9.55 Å². The molecule has 1 fully saturated rings. The Kier molecular flexibility index (Phi) is 3.99. The highest BCUT2D eigenvalue weighted by atomic mass is 32.2. The summed E-state index contributed by atoms with van der Waals surface area (Å²) in [6.07, 6.45) is 4.71. The lowest BCUT2D eigenvalue weighted by atomic mass is 10.1. The molecular weight excluding hydrogens is 226 g/mol. The number of aromatic nitrogens is 2. The predicted octanol–water partition coefficient (Wildman–Crippen LogP) is 1.14. The molecule has 0 radical (unpaired) electrons. The maximum atomic E-state index is 6.22. The van der Waals surface area contributed by atoms with E-state index in [4.69, 9.17) is 5.73 Å². The number of aryl methyl sites for hydroxylation is 1. The molecule has 2 N–H and O–H groups in total. The van der Waals surface area contributed by atoms with Gasteiger partial charge in [-0.05, 0) is 0 Å². The molecule has 0 amide bonds. The summed E-state index contributed by atoms with van der Waals surface area (Å²) >= 11 is 4.04. The number of nitrogens with zero attached hydrogens (tertiary/aromatic N) is 2. The first kappa shape index (κ1) is 11.4. The molecule has 0 spiro atoms. The quantitative estimate of drug-likeness (QED) is 0.864. The Hall–Kier alpha value is -0.130. The molecular formula is C10H17N3S2. The van der Waals surface area contributed by atoms with E-state index in [9.17, 15) is 0 Å². The minimum absolute atomic E-state index is 0.240. The summed E-state index contributed by atoms with van der Waals surface area (Å²) < 4.78 is 2.06. The second kappa shape index (κ2) is 5.27. The monoisotopic (exact) mass is 243 g/mol. The van der Waals surface area contributed by atoms with Crippen LogP contribution in [-0.2, 0) is 13.5 Å². The van der Waals surface area contributed by atoms with E-state index in [0.29, 0.717) is 5.25 Å². The average molecular weight is 243 g/mol. The molecule has 2 heterocycles. The van der Waals surface area contributed by atoms with Gasteiger partial charge < -0.3 is 10.3 Å². The lowest BCUT2D eigenvalue weighted by Crippen LogP contribution is -2.38. The Balaban J connectivity index is 1.91. The zero-order valence-corrected chi connectivity index (χ0v) is 10.6. The lowest BCUT2D eigenvalue weighted by molar-refractivity contribution is 0.622. The molecule has 2 unspecified atom stereocenters. The largest absolute Gasteiger partial charge is 0.338 e. The van der Waals surface area contributed by atoms with Gasteiger partial charge in [-0.2, -0.15) is 23.5 Å². The highest BCUT2D eigenvalue weighted by molar-refractivity contribution is 8.06. The van der Waals surface area contributed by atoms with Crippen LogP contribution in [0.25, 0.3) is 0 Å². The van der Waals surface area contributed by atoms with Gasteiger partial charge in [-0.3, -0.25) is 0 Å². The van der Waals surface area contributed by atoms with Gasteiger partial charge in [0.05, 0.1) is 0 Å². The second-order valence-electron chi connectivity index (χ2n) is 3.81. The van der Waals surface area contributed by atoms with Crippen LogP contribution in [0.4, 0.5) is 0 Å². The normalized spacial score (nSPS) is 24.0. The number of thioether (sulfide) groups is 2. The molecule has 15 heavy (non-hydrogen) atoms. The molecule has 0 aromatic carbocycles.